The van der Waals surface area contributed by atoms with E-state index < -0.39 is 0 Å². The van der Waals surface area contributed by atoms with Crippen LogP contribution in [-0.2, 0) is 0 Å². The number of nitrogens with one attached hydrogen (secondary N) is 1. The predicted molar refractivity (Wildman–Crippen MR) is 84.2 cm³/mol. The largest absolute Gasteiger partial charge is 0.296 e. The molecule has 5 nitrogen and oxygen atoms in total. The lowest BCUT2D eigenvalue weighted by Gasteiger charge is -1.99. The van der Waals surface area contributed by atoms with Crippen LogP contribution in [0.15, 0.2) is 60.7 Å². The van der Waals surface area contributed by atoms with Crippen LogP contribution in [0, 0.1) is 0 Å². The van der Waals surface area contributed by atoms with Crippen molar-refractivity contribution in [2.24, 2.45) is 0 Å². The van der Waals surface area contributed by atoms with Crippen LogP contribution in [-0.4, -0.2) is 21.9 Å². The van der Waals surface area contributed by atoms with Gasteiger partial charge in [0.05, 0.1) is 0 Å². The molecule has 0 bridgehead atoms. The van der Waals surface area contributed by atoms with E-state index in [9.17, 15) is 9.59 Å². The zero-order valence-corrected chi connectivity index (χ0v) is 12.2. The first-order chi connectivity index (χ1) is 10.7. The van der Waals surface area contributed by atoms with Gasteiger partial charge in [0.25, 0.3) is 5.91 Å². The minimum atomic E-state index is -0.282. The molecule has 6 heteroatoms. The number of amides is 1. The van der Waals surface area contributed by atoms with Crippen molar-refractivity contribution in [1.29, 1.82) is 0 Å². The van der Waals surface area contributed by atoms with E-state index in [1.54, 1.807) is 48.5 Å². The van der Waals surface area contributed by atoms with Crippen LogP contribution in [0.2, 0.25) is 0 Å². The van der Waals surface area contributed by atoms with Gasteiger partial charge < -0.3 is 0 Å². The fourth-order valence-corrected chi connectivity index (χ4v) is 2.54. The van der Waals surface area contributed by atoms with Crippen LogP contribution in [0.3, 0.4) is 0 Å². The maximum atomic E-state index is 12.2. The molecule has 1 N–H and O–H groups in total. The van der Waals surface area contributed by atoms with Crippen molar-refractivity contribution < 1.29 is 9.59 Å². The molecule has 3 aromatic rings. The van der Waals surface area contributed by atoms with Gasteiger partial charge in [-0.15, -0.1) is 10.2 Å². The summed E-state index contributed by atoms with van der Waals surface area (Å²) in [5.74, 6) is -0.492. The molecule has 0 aliphatic carbocycles. The highest BCUT2D eigenvalue weighted by molar-refractivity contribution is 7.17. The van der Waals surface area contributed by atoms with E-state index in [2.05, 4.69) is 15.5 Å². The number of hydrogen-bond acceptors (Lipinski definition) is 5. The summed E-state index contributed by atoms with van der Waals surface area (Å²) < 4.78 is 0. The van der Waals surface area contributed by atoms with Crippen molar-refractivity contribution in [2.75, 3.05) is 5.32 Å². The van der Waals surface area contributed by atoms with E-state index in [0.717, 1.165) is 11.3 Å². The highest BCUT2D eigenvalue weighted by Gasteiger charge is 2.16. The van der Waals surface area contributed by atoms with E-state index >= 15 is 0 Å². The molecule has 0 spiro atoms. The average molecular weight is 309 g/mol. The number of benzene rings is 2. The van der Waals surface area contributed by atoms with E-state index in [-0.39, 0.29) is 16.7 Å². The first-order valence-electron chi connectivity index (χ1n) is 6.54. The van der Waals surface area contributed by atoms with E-state index in [1.165, 1.54) is 0 Å². The molecule has 0 aliphatic rings. The molecule has 2 aromatic carbocycles. The summed E-state index contributed by atoms with van der Waals surface area (Å²) in [5, 5.41) is 10.9. The van der Waals surface area contributed by atoms with Gasteiger partial charge in [-0.1, -0.05) is 59.9 Å². The summed E-state index contributed by atoms with van der Waals surface area (Å²) in [6.07, 6.45) is 0. The van der Waals surface area contributed by atoms with Gasteiger partial charge in [-0.25, -0.2) is 0 Å². The third kappa shape index (κ3) is 3.07. The van der Waals surface area contributed by atoms with E-state index in [0.29, 0.717) is 16.3 Å². The lowest BCUT2D eigenvalue weighted by molar-refractivity contribution is 0.102. The number of anilines is 1. The Morgan fingerprint density at radius 2 is 1.41 bits per heavy atom. The Bertz CT molecular complexity index is 801. The smallest absolute Gasteiger partial charge is 0.257 e. The van der Waals surface area contributed by atoms with Crippen molar-refractivity contribution in [3.63, 3.8) is 0 Å². The highest BCUT2D eigenvalue weighted by Crippen LogP contribution is 2.19. The fourth-order valence-electron chi connectivity index (χ4n) is 1.84. The molecule has 0 fully saturated rings. The van der Waals surface area contributed by atoms with Gasteiger partial charge in [-0.2, -0.15) is 0 Å². The second-order valence-corrected chi connectivity index (χ2v) is 5.41. The summed E-state index contributed by atoms with van der Waals surface area (Å²) >= 11 is 1.06. The molecule has 0 radical (unpaired) electrons. The lowest BCUT2D eigenvalue weighted by Crippen LogP contribution is -2.11. The highest BCUT2D eigenvalue weighted by atomic mass is 32.1. The standard InChI is InChI=1S/C16H11N3O2S/c20-13(11-7-3-1-4-8-11)15-18-19-16(22-15)17-14(21)12-9-5-2-6-10-12/h1-10H,(H,17,19,21). The zero-order chi connectivity index (χ0) is 15.4. The van der Waals surface area contributed by atoms with Crippen LogP contribution in [0.5, 0.6) is 0 Å². The van der Waals surface area contributed by atoms with Crippen LogP contribution in [0.4, 0.5) is 5.13 Å². The van der Waals surface area contributed by atoms with Gasteiger partial charge in [-0.05, 0) is 12.1 Å². The minimum absolute atomic E-state index is 0.210. The monoisotopic (exact) mass is 309 g/mol. The quantitative estimate of drug-likeness (QED) is 0.752. The Morgan fingerprint density at radius 3 is 2.05 bits per heavy atom. The van der Waals surface area contributed by atoms with Gasteiger partial charge in [-0.3, -0.25) is 14.9 Å². The van der Waals surface area contributed by atoms with Gasteiger partial charge in [0.15, 0.2) is 5.01 Å². The molecule has 0 unspecified atom stereocenters. The van der Waals surface area contributed by atoms with E-state index in [1.807, 2.05) is 12.1 Å². The first-order valence-corrected chi connectivity index (χ1v) is 7.35. The maximum absolute atomic E-state index is 12.2. The second-order valence-electron chi connectivity index (χ2n) is 4.43. The second kappa shape index (κ2) is 6.28. The molecule has 0 saturated carbocycles. The van der Waals surface area contributed by atoms with Crippen LogP contribution < -0.4 is 5.32 Å². The predicted octanol–water partition coefficient (Wildman–Crippen LogP) is 3.02. The Kier molecular flexibility index (Phi) is 4.02. The van der Waals surface area contributed by atoms with Crippen LogP contribution in [0.25, 0.3) is 0 Å². The van der Waals surface area contributed by atoms with Crippen LogP contribution >= 0.6 is 11.3 Å². The van der Waals surface area contributed by atoms with Crippen molar-refractivity contribution >= 4 is 28.2 Å². The zero-order valence-electron chi connectivity index (χ0n) is 11.4. The number of ketones is 1. The lowest BCUT2D eigenvalue weighted by atomic mass is 10.1. The van der Waals surface area contributed by atoms with Crippen molar-refractivity contribution in [2.45, 2.75) is 0 Å². The summed E-state index contributed by atoms with van der Waals surface area (Å²) in [7, 11) is 0. The molecular formula is C16H11N3O2S. The molecule has 0 atom stereocenters. The van der Waals surface area contributed by atoms with E-state index in [4.69, 9.17) is 0 Å². The normalized spacial score (nSPS) is 10.2. The number of nitrogens with zero attached hydrogens (tertiary/aromatic N) is 2. The van der Waals surface area contributed by atoms with Gasteiger partial charge in [0.1, 0.15) is 0 Å². The first kappa shape index (κ1) is 14.1. The molecule has 108 valence electrons. The number of hydrogen-bond donors (Lipinski definition) is 1. The number of rotatable bonds is 4. The maximum Gasteiger partial charge on any atom is 0.257 e. The Balaban J connectivity index is 1.74. The summed E-state index contributed by atoms with van der Waals surface area (Å²) in [6, 6.07) is 17.6. The minimum Gasteiger partial charge on any atom is -0.296 e. The van der Waals surface area contributed by atoms with Gasteiger partial charge in [0.2, 0.25) is 10.9 Å². The summed E-state index contributed by atoms with van der Waals surface area (Å²) in [6.45, 7) is 0. The third-order valence-electron chi connectivity index (χ3n) is 2.91. The van der Waals surface area contributed by atoms with Crippen molar-refractivity contribution in [1.82, 2.24) is 10.2 Å². The molecule has 0 saturated heterocycles. The molecule has 22 heavy (non-hydrogen) atoms. The fraction of sp³-hybridized carbons (Fsp3) is 0. The van der Waals surface area contributed by atoms with Crippen molar-refractivity contribution in [3.8, 4) is 0 Å². The number of carbonyl (C=O) groups excluding carboxylic acids is 2. The summed E-state index contributed by atoms with van der Waals surface area (Å²) in [4.78, 5) is 24.2. The Morgan fingerprint density at radius 1 is 0.818 bits per heavy atom. The van der Waals surface area contributed by atoms with Gasteiger partial charge >= 0.3 is 0 Å². The average Bonchev–Trinajstić information content (AvgIpc) is 3.04. The third-order valence-corrected chi connectivity index (χ3v) is 3.75. The molecule has 1 heterocycles. The Hall–Kier alpha value is -2.86. The Labute approximate surface area is 130 Å². The molecule has 1 amide bonds. The van der Waals surface area contributed by atoms with Crippen molar-refractivity contribution in [3.05, 3.63) is 76.8 Å². The van der Waals surface area contributed by atoms with Crippen LogP contribution in [0.1, 0.15) is 25.7 Å². The SMILES string of the molecule is O=C(Nc1nnc(C(=O)c2ccccc2)s1)c1ccccc1. The number of aromatic nitrogens is 2. The molecule has 3 rings (SSSR count). The van der Waals surface area contributed by atoms with Gasteiger partial charge in [0, 0.05) is 11.1 Å². The topological polar surface area (TPSA) is 72.0 Å². The summed E-state index contributed by atoms with van der Waals surface area (Å²) in [5.41, 5.74) is 1.06. The molecule has 0 aliphatic heterocycles. The number of carbonyl (C=O) groups is 2. The molecular weight excluding hydrogens is 298 g/mol. The molecule has 1 aromatic heterocycles.